The molecule has 0 fully saturated rings. The SMILES string of the molecule is O=[N+]([O-])c1ccc(CN2CCc3cc(OCc4ccccc4)ccc32)cc1. The molecule has 0 aliphatic carbocycles. The van der Waals surface area contributed by atoms with Gasteiger partial charge in [-0.05, 0) is 41.3 Å². The van der Waals surface area contributed by atoms with Gasteiger partial charge in [-0.2, -0.15) is 0 Å². The molecule has 0 bridgehead atoms. The lowest BCUT2D eigenvalue weighted by atomic mass is 10.1. The molecule has 0 radical (unpaired) electrons. The third-order valence-electron chi connectivity index (χ3n) is 4.81. The zero-order valence-corrected chi connectivity index (χ0v) is 14.9. The lowest BCUT2D eigenvalue weighted by Gasteiger charge is -2.19. The first-order valence-electron chi connectivity index (χ1n) is 8.97. The zero-order chi connectivity index (χ0) is 18.6. The van der Waals surface area contributed by atoms with E-state index < -0.39 is 0 Å². The first kappa shape index (κ1) is 17.1. The van der Waals surface area contributed by atoms with Crippen LogP contribution in [0.4, 0.5) is 11.4 Å². The maximum absolute atomic E-state index is 10.8. The fourth-order valence-electron chi connectivity index (χ4n) is 3.38. The van der Waals surface area contributed by atoms with Crippen molar-refractivity contribution in [3.05, 3.63) is 99.6 Å². The molecule has 0 N–H and O–H groups in total. The minimum absolute atomic E-state index is 0.126. The second-order valence-electron chi connectivity index (χ2n) is 6.66. The molecule has 1 heterocycles. The Labute approximate surface area is 158 Å². The maximum atomic E-state index is 10.8. The van der Waals surface area contributed by atoms with Crippen molar-refractivity contribution in [3.63, 3.8) is 0 Å². The molecule has 0 atom stereocenters. The van der Waals surface area contributed by atoms with E-state index in [1.54, 1.807) is 12.1 Å². The lowest BCUT2D eigenvalue weighted by Crippen LogP contribution is -2.19. The van der Waals surface area contributed by atoms with E-state index in [0.29, 0.717) is 6.61 Å². The number of fused-ring (bicyclic) bond motifs is 1. The van der Waals surface area contributed by atoms with Gasteiger partial charge in [0.15, 0.2) is 0 Å². The molecule has 0 unspecified atom stereocenters. The van der Waals surface area contributed by atoms with Crippen LogP contribution in [-0.4, -0.2) is 11.5 Å². The highest BCUT2D eigenvalue weighted by Gasteiger charge is 2.20. The second-order valence-corrected chi connectivity index (χ2v) is 6.66. The van der Waals surface area contributed by atoms with E-state index in [-0.39, 0.29) is 10.6 Å². The number of anilines is 1. The molecule has 0 saturated carbocycles. The van der Waals surface area contributed by atoms with Crippen molar-refractivity contribution in [2.45, 2.75) is 19.6 Å². The normalized spacial score (nSPS) is 12.7. The fraction of sp³-hybridized carbons (Fsp3) is 0.182. The summed E-state index contributed by atoms with van der Waals surface area (Å²) in [7, 11) is 0. The van der Waals surface area contributed by atoms with Crippen LogP contribution in [0.15, 0.2) is 72.8 Å². The topological polar surface area (TPSA) is 55.6 Å². The summed E-state index contributed by atoms with van der Waals surface area (Å²) < 4.78 is 5.92. The highest BCUT2D eigenvalue weighted by molar-refractivity contribution is 5.60. The summed E-state index contributed by atoms with van der Waals surface area (Å²) in [6.07, 6.45) is 0.977. The Bertz CT molecular complexity index is 940. The number of rotatable bonds is 6. The number of ether oxygens (including phenoxy) is 1. The van der Waals surface area contributed by atoms with Crippen molar-refractivity contribution in [2.75, 3.05) is 11.4 Å². The van der Waals surface area contributed by atoms with E-state index in [4.69, 9.17) is 4.74 Å². The van der Waals surface area contributed by atoms with E-state index in [1.165, 1.54) is 11.3 Å². The number of hydrogen-bond acceptors (Lipinski definition) is 4. The van der Waals surface area contributed by atoms with E-state index in [1.807, 2.05) is 36.4 Å². The van der Waals surface area contributed by atoms with Gasteiger partial charge in [0.2, 0.25) is 0 Å². The van der Waals surface area contributed by atoms with Crippen LogP contribution < -0.4 is 9.64 Å². The summed E-state index contributed by atoms with van der Waals surface area (Å²) in [6, 6.07) is 23.1. The van der Waals surface area contributed by atoms with Gasteiger partial charge in [-0.3, -0.25) is 10.1 Å². The van der Waals surface area contributed by atoms with Crippen molar-refractivity contribution in [1.82, 2.24) is 0 Å². The predicted octanol–water partition coefficient (Wildman–Crippen LogP) is 4.74. The van der Waals surface area contributed by atoms with Gasteiger partial charge in [0.25, 0.3) is 5.69 Å². The average Bonchev–Trinajstić information content (AvgIpc) is 3.09. The maximum Gasteiger partial charge on any atom is 0.269 e. The average molecular weight is 360 g/mol. The van der Waals surface area contributed by atoms with Crippen LogP contribution in [0.25, 0.3) is 0 Å². The number of nitro groups is 1. The molecule has 0 aromatic heterocycles. The summed E-state index contributed by atoms with van der Waals surface area (Å²) in [5.41, 5.74) is 4.83. The molecular weight excluding hydrogens is 340 g/mol. The Hall–Kier alpha value is -3.34. The molecular formula is C22H20N2O3. The van der Waals surface area contributed by atoms with Crippen LogP contribution in [0.1, 0.15) is 16.7 Å². The largest absolute Gasteiger partial charge is 0.489 e. The number of nitro benzene ring substituents is 1. The summed E-state index contributed by atoms with van der Waals surface area (Å²) in [5.74, 6) is 0.884. The molecule has 3 aromatic rings. The van der Waals surface area contributed by atoms with Crippen molar-refractivity contribution >= 4 is 11.4 Å². The van der Waals surface area contributed by atoms with Crippen LogP contribution in [0.5, 0.6) is 5.75 Å². The summed E-state index contributed by atoms with van der Waals surface area (Å²) in [4.78, 5) is 12.7. The third kappa shape index (κ3) is 3.92. The highest BCUT2D eigenvalue weighted by atomic mass is 16.6. The Morgan fingerprint density at radius 1 is 0.963 bits per heavy atom. The Balaban J connectivity index is 1.42. The number of non-ortho nitro benzene ring substituents is 1. The molecule has 136 valence electrons. The van der Waals surface area contributed by atoms with Crippen molar-refractivity contribution in [1.29, 1.82) is 0 Å². The van der Waals surface area contributed by atoms with E-state index in [2.05, 4.69) is 29.2 Å². The van der Waals surface area contributed by atoms with Gasteiger partial charge >= 0.3 is 0 Å². The van der Waals surface area contributed by atoms with Gasteiger partial charge in [0.05, 0.1) is 4.92 Å². The standard InChI is InChI=1S/C22H20N2O3/c25-24(26)20-8-6-17(7-9-20)15-23-13-12-19-14-21(10-11-22(19)23)27-16-18-4-2-1-3-5-18/h1-11,14H,12-13,15-16H2. The van der Waals surface area contributed by atoms with Crippen molar-refractivity contribution in [2.24, 2.45) is 0 Å². The number of nitrogens with zero attached hydrogens (tertiary/aromatic N) is 2. The Morgan fingerprint density at radius 3 is 2.48 bits per heavy atom. The Morgan fingerprint density at radius 2 is 1.74 bits per heavy atom. The van der Waals surface area contributed by atoms with Gasteiger partial charge in [-0.25, -0.2) is 0 Å². The minimum Gasteiger partial charge on any atom is -0.489 e. The van der Waals surface area contributed by atoms with E-state index in [0.717, 1.165) is 36.4 Å². The highest BCUT2D eigenvalue weighted by Crippen LogP contribution is 2.32. The van der Waals surface area contributed by atoms with Crippen LogP contribution >= 0.6 is 0 Å². The molecule has 0 saturated heterocycles. The molecule has 5 heteroatoms. The lowest BCUT2D eigenvalue weighted by molar-refractivity contribution is -0.384. The summed E-state index contributed by atoms with van der Waals surface area (Å²) in [5, 5.41) is 10.8. The summed E-state index contributed by atoms with van der Waals surface area (Å²) in [6.45, 7) is 2.25. The number of benzene rings is 3. The van der Waals surface area contributed by atoms with Crippen LogP contribution in [-0.2, 0) is 19.6 Å². The molecule has 4 rings (SSSR count). The van der Waals surface area contributed by atoms with Crippen LogP contribution in [0.2, 0.25) is 0 Å². The van der Waals surface area contributed by atoms with E-state index in [9.17, 15) is 10.1 Å². The number of hydrogen-bond donors (Lipinski definition) is 0. The summed E-state index contributed by atoms with van der Waals surface area (Å²) >= 11 is 0. The monoisotopic (exact) mass is 360 g/mol. The fourth-order valence-corrected chi connectivity index (χ4v) is 3.38. The smallest absolute Gasteiger partial charge is 0.269 e. The molecule has 0 amide bonds. The molecule has 5 nitrogen and oxygen atoms in total. The van der Waals surface area contributed by atoms with Gasteiger partial charge < -0.3 is 9.64 Å². The van der Waals surface area contributed by atoms with Gasteiger partial charge in [0, 0.05) is 30.9 Å². The zero-order valence-electron chi connectivity index (χ0n) is 14.9. The minimum atomic E-state index is -0.369. The second kappa shape index (κ2) is 7.50. The predicted molar refractivity (Wildman–Crippen MR) is 105 cm³/mol. The van der Waals surface area contributed by atoms with Gasteiger partial charge in [-0.1, -0.05) is 42.5 Å². The van der Waals surface area contributed by atoms with Crippen LogP contribution in [0.3, 0.4) is 0 Å². The van der Waals surface area contributed by atoms with Gasteiger partial charge in [-0.15, -0.1) is 0 Å². The first-order valence-corrected chi connectivity index (χ1v) is 8.97. The first-order chi connectivity index (χ1) is 13.2. The molecule has 1 aliphatic heterocycles. The van der Waals surface area contributed by atoms with Crippen molar-refractivity contribution in [3.8, 4) is 5.75 Å². The van der Waals surface area contributed by atoms with E-state index >= 15 is 0 Å². The molecule has 1 aliphatic rings. The van der Waals surface area contributed by atoms with Gasteiger partial charge in [0.1, 0.15) is 12.4 Å². The van der Waals surface area contributed by atoms with Crippen LogP contribution in [0, 0.1) is 10.1 Å². The third-order valence-corrected chi connectivity index (χ3v) is 4.81. The quantitative estimate of drug-likeness (QED) is 0.471. The van der Waals surface area contributed by atoms with Crippen molar-refractivity contribution < 1.29 is 9.66 Å². The molecule has 27 heavy (non-hydrogen) atoms. The molecule has 3 aromatic carbocycles. The Kier molecular flexibility index (Phi) is 4.75. The molecule has 0 spiro atoms.